The lowest BCUT2D eigenvalue weighted by Gasteiger charge is -2.18. The number of carbonyl (C=O) groups is 1. The van der Waals surface area contributed by atoms with E-state index >= 15 is 0 Å². The van der Waals surface area contributed by atoms with E-state index in [1.165, 1.54) is 0 Å². The number of aldehydes is 1. The summed E-state index contributed by atoms with van der Waals surface area (Å²) in [5.74, 6) is 1.59. The molecule has 1 aromatic heterocycles. The number of H-pyrrole nitrogens is 1. The number of nitrogens with one attached hydrogen (secondary N) is 1. The molecule has 0 amide bonds. The molecule has 5 nitrogen and oxygen atoms in total. The maximum absolute atomic E-state index is 10.8. The van der Waals surface area contributed by atoms with Crippen LogP contribution in [0.2, 0.25) is 0 Å². The second-order valence-electron chi connectivity index (χ2n) is 4.36. The summed E-state index contributed by atoms with van der Waals surface area (Å²) in [6.45, 7) is 1.19. The van der Waals surface area contributed by atoms with Crippen LogP contribution in [0.4, 0.5) is 0 Å². The second-order valence-corrected chi connectivity index (χ2v) is 4.36. The summed E-state index contributed by atoms with van der Waals surface area (Å²) >= 11 is 0. The average molecular weight is 258 g/mol. The molecule has 0 fully saturated rings. The van der Waals surface area contributed by atoms with Crippen LogP contribution >= 0.6 is 0 Å². The highest BCUT2D eigenvalue weighted by Gasteiger charge is 2.12. The lowest BCUT2D eigenvalue weighted by atomic mass is 10.1. The molecule has 0 saturated heterocycles. The smallest absolute Gasteiger partial charge is 0.170 e. The van der Waals surface area contributed by atoms with Crippen LogP contribution in [0.5, 0.6) is 11.5 Å². The van der Waals surface area contributed by atoms with E-state index in [-0.39, 0.29) is 0 Å². The van der Waals surface area contributed by atoms with Gasteiger partial charge in [-0.15, -0.1) is 0 Å². The summed E-state index contributed by atoms with van der Waals surface area (Å²) in [5.41, 5.74) is 2.50. The minimum absolute atomic E-state index is 0.484. The molecular weight excluding hydrogens is 244 g/mol. The van der Waals surface area contributed by atoms with Crippen LogP contribution in [0, 0.1) is 0 Å². The molecule has 1 aliphatic heterocycles. The summed E-state index contributed by atoms with van der Waals surface area (Å²) in [6.07, 6.45) is 3.88. The Balaban J connectivity index is 1.72. The highest BCUT2D eigenvalue weighted by Crippen LogP contribution is 2.31. The molecule has 1 N–H and O–H groups in total. The van der Waals surface area contributed by atoms with E-state index < -0.39 is 0 Å². The van der Waals surface area contributed by atoms with Crippen molar-refractivity contribution in [2.75, 3.05) is 13.2 Å². The third kappa shape index (κ3) is 2.45. The van der Waals surface area contributed by atoms with Gasteiger partial charge < -0.3 is 14.5 Å². The number of aromatic amines is 1. The molecule has 3 rings (SSSR count). The predicted octanol–water partition coefficient (Wildman–Crippen LogP) is 1.78. The lowest BCUT2D eigenvalue weighted by Crippen LogP contribution is -2.15. The number of imidazole rings is 1. The normalized spacial score (nSPS) is 13.3. The Bertz CT molecular complexity index is 592. The Morgan fingerprint density at radius 1 is 1.21 bits per heavy atom. The van der Waals surface area contributed by atoms with Gasteiger partial charge in [-0.1, -0.05) is 6.07 Å². The first-order valence-corrected chi connectivity index (χ1v) is 6.23. The molecule has 1 aromatic carbocycles. The molecule has 0 atom stereocenters. The molecule has 98 valence electrons. The van der Waals surface area contributed by atoms with Crippen molar-refractivity contribution >= 4 is 6.29 Å². The van der Waals surface area contributed by atoms with Crippen LogP contribution in [0.15, 0.2) is 24.5 Å². The highest BCUT2D eigenvalue weighted by molar-refractivity contribution is 5.73. The molecule has 0 aliphatic carbocycles. The van der Waals surface area contributed by atoms with Gasteiger partial charge in [0.15, 0.2) is 17.8 Å². The predicted molar refractivity (Wildman–Crippen MR) is 68.8 cm³/mol. The molecule has 0 unspecified atom stereocenters. The summed E-state index contributed by atoms with van der Waals surface area (Å²) in [7, 11) is 0. The third-order valence-electron chi connectivity index (χ3n) is 3.13. The van der Waals surface area contributed by atoms with Crippen LogP contribution in [-0.2, 0) is 12.8 Å². The van der Waals surface area contributed by atoms with Gasteiger partial charge in [-0.3, -0.25) is 4.79 Å². The van der Waals surface area contributed by atoms with Gasteiger partial charge in [0.05, 0.1) is 6.33 Å². The first-order valence-electron chi connectivity index (χ1n) is 6.23. The zero-order valence-corrected chi connectivity index (χ0v) is 10.4. The molecule has 0 spiro atoms. The number of benzene rings is 1. The van der Waals surface area contributed by atoms with Gasteiger partial charge in [-0.05, 0) is 30.5 Å². The summed E-state index contributed by atoms with van der Waals surface area (Å²) < 4.78 is 11.0. The summed E-state index contributed by atoms with van der Waals surface area (Å²) in [6, 6.07) is 5.94. The Kier molecular flexibility index (Phi) is 3.18. The monoisotopic (exact) mass is 258 g/mol. The van der Waals surface area contributed by atoms with Crippen molar-refractivity contribution in [1.29, 1.82) is 0 Å². The minimum atomic E-state index is 0.484. The largest absolute Gasteiger partial charge is 0.486 e. The fourth-order valence-corrected chi connectivity index (χ4v) is 2.15. The standard InChI is InChI=1S/C14H14N2O3/c17-8-12-11(15-9-16-12)3-1-10-2-4-13-14(7-10)19-6-5-18-13/h2,4,7-9H,1,3,5-6H2,(H,15,16). The Morgan fingerprint density at radius 2 is 2.05 bits per heavy atom. The molecule has 2 heterocycles. The second kappa shape index (κ2) is 5.14. The number of aryl methyl sites for hydroxylation is 2. The molecule has 5 heteroatoms. The summed E-state index contributed by atoms with van der Waals surface area (Å²) in [5, 5.41) is 0. The molecule has 2 aromatic rings. The van der Waals surface area contributed by atoms with E-state index in [1.54, 1.807) is 6.33 Å². The lowest BCUT2D eigenvalue weighted by molar-refractivity contribution is 0.111. The first kappa shape index (κ1) is 11.8. The Morgan fingerprint density at radius 3 is 2.89 bits per heavy atom. The first-order chi connectivity index (χ1) is 9.36. The third-order valence-corrected chi connectivity index (χ3v) is 3.13. The van der Waals surface area contributed by atoms with Gasteiger partial charge >= 0.3 is 0 Å². The van der Waals surface area contributed by atoms with Crippen LogP contribution in [0.25, 0.3) is 0 Å². The van der Waals surface area contributed by atoms with Crippen LogP contribution in [0.3, 0.4) is 0 Å². The minimum Gasteiger partial charge on any atom is -0.486 e. The van der Waals surface area contributed by atoms with E-state index in [2.05, 4.69) is 9.97 Å². The van der Waals surface area contributed by atoms with Crippen LogP contribution in [-0.4, -0.2) is 29.5 Å². The number of rotatable bonds is 4. The van der Waals surface area contributed by atoms with Crippen molar-refractivity contribution in [3.63, 3.8) is 0 Å². The molecule has 0 saturated carbocycles. The zero-order chi connectivity index (χ0) is 13.1. The van der Waals surface area contributed by atoms with E-state index in [1.807, 2.05) is 18.2 Å². The molecular formula is C14H14N2O3. The number of nitrogens with zero attached hydrogens (tertiary/aromatic N) is 1. The van der Waals surface area contributed by atoms with E-state index in [0.29, 0.717) is 18.9 Å². The van der Waals surface area contributed by atoms with E-state index in [4.69, 9.17) is 9.47 Å². The van der Waals surface area contributed by atoms with Crippen molar-refractivity contribution in [2.24, 2.45) is 0 Å². The van der Waals surface area contributed by atoms with E-state index in [9.17, 15) is 4.79 Å². The topological polar surface area (TPSA) is 64.2 Å². The number of hydrogen-bond donors (Lipinski definition) is 1. The SMILES string of the molecule is O=Cc1nc[nH]c1CCc1ccc2c(c1)OCCO2. The number of ether oxygens (including phenoxy) is 2. The molecule has 1 aliphatic rings. The van der Waals surface area contributed by atoms with Gasteiger partial charge in [-0.25, -0.2) is 4.98 Å². The quantitative estimate of drug-likeness (QED) is 0.849. The van der Waals surface area contributed by atoms with Gasteiger partial charge in [0.25, 0.3) is 0 Å². The van der Waals surface area contributed by atoms with Crippen LogP contribution < -0.4 is 9.47 Å². The van der Waals surface area contributed by atoms with Crippen molar-refractivity contribution < 1.29 is 14.3 Å². The molecule has 0 radical (unpaired) electrons. The number of carbonyl (C=O) groups excluding carboxylic acids is 1. The highest BCUT2D eigenvalue weighted by atomic mass is 16.6. The van der Waals surface area contributed by atoms with Crippen molar-refractivity contribution in [1.82, 2.24) is 9.97 Å². The molecule has 0 bridgehead atoms. The van der Waals surface area contributed by atoms with Crippen molar-refractivity contribution in [3.8, 4) is 11.5 Å². The van der Waals surface area contributed by atoms with Gasteiger partial charge in [0, 0.05) is 5.69 Å². The number of hydrogen-bond acceptors (Lipinski definition) is 4. The van der Waals surface area contributed by atoms with E-state index in [0.717, 1.165) is 41.9 Å². The summed E-state index contributed by atoms with van der Waals surface area (Å²) in [4.78, 5) is 17.7. The van der Waals surface area contributed by atoms with Gasteiger partial charge in [0.2, 0.25) is 0 Å². The zero-order valence-electron chi connectivity index (χ0n) is 10.4. The number of fused-ring (bicyclic) bond motifs is 1. The van der Waals surface area contributed by atoms with Crippen LogP contribution in [0.1, 0.15) is 21.7 Å². The maximum Gasteiger partial charge on any atom is 0.170 e. The molecule has 19 heavy (non-hydrogen) atoms. The van der Waals surface area contributed by atoms with Gasteiger partial charge in [-0.2, -0.15) is 0 Å². The maximum atomic E-state index is 10.8. The van der Waals surface area contributed by atoms with Crippen molar-refractivity contribution in [2.45, 2.75) is 12.8 Å². The Labute approximate surface area is 110 Å². The fourth-order valence-electron chi connectivity index (χ4n) is 2.15. The fraction of sp³-hybridized carbons (Fsp3) is 0.286. The van der Waals surface area contributed by atoms with Gasteiger partial charge in [0.1, 0.15) is 18.9 Å². The van der Waals surface area contributed by atoms with Crippen molar-refractivity contribution in [3.05, 3.63) is 41.5 Å². The Hall–Kier alpha value is -2.30. The number of aromatic nitrogens is 2. The average Bonchev–Trinajstić information content (AvgIpc) is 2.92.